The van der Waals surface area contributed by atoms with Crippen molar-refractivity contribution in [3.63, 3.8) is 0 Å². The minimum absolute atomic E-state index is 0.247. The second-order valence-electron chi connectivity index (χ2n) is 6.72. The van der Waals surface area contributed by atoms with Gasteiger partial charge in [0.05, 0.1) is 5.54 Å². The van der Waals surface area contributed by atoms with Gasteiger partial charge in [0.25, 0.3) is 0 Å². The Bertz CT molecular complexity index is 371. The van der Waals surface area contributed by atoms with Gasteiger partial charge in [0.1, 0.15) is 0 Å². The predicted octanol–water partition coefficient (Wildman–Crippen LogP) is 2.98. The van der Waals surface area contributed by atoms with Gasteiger partial charge in [-0.25, -0.2) is 0 Å². The van der Waals surface area contributed by atoms with Crippen LogP contribution in [0.25, 0.3) is 0 Å². The molecule has 0 saturated carbocycles. The Morgan fingerprint density at radius 3 is 2.28 bits per heavy atom. The van der Waals surface area contributed by atoms with Gasteiger partial charge in [0, 0.05) is 6.54 Å². The smallest absolute Gasteiger partial charge is 0.0509 e. The van der Waals surface area contributed by atoms with Crippen LogP contribution in [0, 0.1) is 5.41 Å². The van der Waals surface area contributed by atoms with Crippen LogP contribution in [0.5, 0.6) is 0 Å². The van der Waals surface area contributed by atoms with E-state index in [1.54, 1.807) is 0 Å². The van der Waals surface area contributed by atoms with Crippen molar-refractivity contribution in [2.75, 3.05) is 19.6 Å². The normalized spacial score (nSPS) is 23.6. The minimum atomic E-state index is -0.247. The number of benzene rings is 1. The van der Waals surface area contributed by atoms with Crippen molar-refractivity contribution >= 4 is 0 Å². The summed E-state index contributed by atoms with van der Waals surface area (Å²) >= 11 is 0. The summed E-state index contributed by atoms with van der Waals surface area (Å²) in [6.07, 6.45) is 2.55. The van der Waals surface area contributed by atoms with Gasteiger partial charge >= 0.3 is 0 Å². The zero-order chi connectivity index (χ0) is 13.2. The quantitative estimate of drug-likeness (QED) is 0.888. The predicted molar refractivity (Wildman–Crippen MR) is 77.4 cm³/mol. The number of hydrogen-bond donors (Lipinski definition) is 1. The lowest BCUT2D eigenvalue weighted by Crippen LogP contribution is -2.48. The van der Waals surface area contributed by atoms with Crippen LogP contribution in [0.4, 0.5) is 0 Å². The Balaban J connectivity index is 1.97. The fraction of sp³-hybridized carbons (Fsp3) is 0.625. The van der Waals surface area contributed by atoms with E-state index in [1.807, 2.05) is 6.07 Å². The molecule has 1 atom stereocenters. The molecule has 18 heavy (non-hydrogen) atoms. The average Bonchev–Trinajstić information content (AvgIpc) is 2.33. The second kappa shape index (κ2) is 5.02. The van der Waals surface area contributed by atoms with E-state index in [4.69, 9.17) is 5.73 Å². The molecule has 1 fully saturated rings. The molecule has 2 heteroatoms. The number of nitrogens with zero attached hydrogens (tertiary/aromatic N) is 1. The summed E-state index contributed by atoms with van der Waals surface area (Å²) < 4.78 is 0. The van der Waals surface area contributed by atoms with Gasteiger partial charge in [0.15, 0.2) is 0 Å². The first-order valence-corrected chi connectivity index (χ1v) is 6.96. The van der Waals surface area contributed by atoms with Crippen LogP contribution in [-0.4, -0.2) is 24.5 Å². The summed E-state index contributed by atoms with van der Waals surface area (Å²) in [6.45, 7) is 10.2. The van der Waals surface area contributed by atoms with E-state index in [1.165, 1.54) is 31.5 Å². The number of likely N-dealkylation sites (tertiary alicyclic amines) is 1. The summed E-state index contributed by atoms with van der Waals surface area (Å²) in [5.41, 5.74) is 7.99. The van der Waals surface area contributed by atoms with Crippen LogP contribution in [0.2, 0.25) is 0 Å². The van der Waals surface area contributed by atoms with Crippen molar-refractivity contribution in [1.82, 2.24) is 4.90 Å². The fourth-order valence-electron chi connectivity index (χ4n) is 2.69. The van der Waals surface area contributed by atoms with Crippen LogP contribution in [0.15, 0.2) is 30.3 Å². The van der Waals surface area contributed by atoms with Gasteiger partial charge in [0.2, 0.25) is 0 Å². The third-order valence-electron chi connectivity index (χ3n) is 4.19. The van der Waals surface area contributed by atoms with Crippen molar-refractivity contribution in [3.8, 4) is 0 Å². The number of hydrogen-bond acceptors (Lipinski definition) is 2. The molecule has 0 aromatic heterocycles. The van der Waals surface area contributed by atoms with E-state index in [0.29, 0.717) is 5.41 Å². The van der Waals surface area contributed by atoms with E-state index >= 15 is 0 Å². The lowest BCUT2D eigenvalue weighted by atomic mass is 9.82. The maximum absolute atomic E-state index is 6.49. The first-order chi connectivity index (χ1) is 8.39. The van der Waals surface area contributed by atoms with E-state index < -0.39 is 0 Å². The highest BCUT2D eigenvalue weighted by Gasteiger charge is 2.30. The van der Waals surface area contributed by atoms with Gasteiger partial charge in [-0.05, 0) is 43.8 Å². The molecule has 1 saturated heterocycles. The Kier molecular flexibility index (Phi) is 3.79. The summed E-state index contributed by atoms with van der Waals surface area (Å²) in [6, 6.07) is 10.4. The zero-order valence-electron chi connectivity index (χ0n) is 11.9. The standard InChI is InChI=1S/C16H26N2/c1-15(2)9-11-18(12-10-15)13-16(3,17)14-7-5-4-6-8-14/h4-8H,9-13,17H2,1-3H3. The molecule has 1 unspecified atom stereocenters. The monoisotopic (exact) mass is 246 g/mol. The van der Waals surface area contributed by atoms with Crippen molar-refractivity contribution in [2.45, 2.75) is 39.2 Å². The molecule has 1 heterocycles. The van der Waals surface area contributed by atoms with E-state index in [9.17, 15) is 0 Å². The van der Waals surface area contributed by atoms with Gasteiger partial charge in [-0.2, -0.15) is 0 Å². The van der Waals surface area contributed by atoms with E-state index in [2.05, 4.69) is 49.9 Å². The molecular weight excluding hydrogens is 220 g/mol. The Morgan fingerprint density at radius 1 is 1.17 bits per heavy atom. The molecule has 100 valence electrons. The van der Waals surface area contributed by atoms with Crippen LogP contribution >= 0.6 is 0 Å². The molecule has 0 aliphatic carbocycles. The summed E-state index contributed by atoms with van der Waals surface area (Å²) in [7, 11) is 0. The molecular formula is C16H26N2. The number of piperidine rings is 1. The molecule has 0 amide bonds. The topological polar surface area (TPSA) is 29.3 Å². The van der Waals surface area contributed by atoms with Crippen molar-refractivity contribution in [2.24, 2.45) is 11.1 Å². The molecule has 0 bridgehead atoms. The highest BCUT2D eigenvalue weighted by atomic mass is 15.2. The van der Waals surface area contributed by atoms with Crippen LogP contribution in [0.1, 0.15) is 39.2 Å². The molecule has 2 rings (SSSR count). The average molecular weight is 246 g/mol. The second-order valence-corrected chi connectivity index (χ2v) is 6.72. The molecule has 1 aliphatic heterocycles. The lowest BCUT2D eigenvalue weighted by molar-refractivity contribution is 0.112. The van der Waals surface area contributed by atoms with Crippen LogP contribution in [-0.2, 0) is 5.54 Å². The molecule has 0 spiro atoms. The largest absolute Gasteiger partial charge is 0.321 e. The molecule has 1 aromatic rings. The van der Waals surface area contributed by atoms with E-state index in [0.717, 1.165) is 6.54 Å². The maximum atomic E-state index is 6.49. The highest BCUT2D eigenvalue weighted by molar-refractivity contribution is 5.23. The van der Waals surface area contributed by atoms with E-state index in [-0.39, 0.29) is 5.54 Å². The Morgan fingerprint density at radius 2 is 1.72 bits per heavy atom. The number of nitrogens with two attached hydrogens (primary N) is 1. The van der Waals surface area contributed by atoms with Crippen LogP contribution in [0.3, 0.4) is 0 Å². The molecule has 0 radical (unpaired) electrons. The minimum Gasteiger partial charge on any atom is -0.321 e. The third kappa shape index (κ3) is 3.33. The Hall–Kier alpha value is -0.860. The number of rotatable bonds is 3. The van der Waals surface area contributed by atoms with Gasteiger partial charge in [-0.15, -0.1) is 0 Å². The van der Waals surface area contributed by atoms with Crippen molar-refractivity contribution < 1.29 is 0 Å². The van der Waals surface area contributed by atoms with Gasteiger partial charge in [-0.1, -0.05) is 44.2 Å². The van der Waals surface area contributed by atoms with Crippen molar-refractivity contribution in [3.05, 3.63) is 35.9 Å². The molecule has 1 aromatic carbocycles. The van der Waals surface area contributed by atoms with Gasteiger partial charge in [-0.3, -0.25) is 0 Å². The Labute approximate surface area is 111 Å². The highest BCUT2D eigenvalue weighted by Crippen LogP contribution is 2.31. The molecule has 2 N–H and O–H groups in total. The zero-order valence-corrected chi connectivity index (χ0v) is 11.9. The van der Waals surface area contributed by atoms with Crippen molar-refractivity contribution in [1.29, 1.82) is 0 Å². The SMILES string of the molecule is CC1(C)CCN(CC(C)(N)c2ccccc2)CC1. The molecule has 1 aliphatic rings. The first kappa shape index (κ1) is 13.6. The first-order valence-electron chi connectivity index (χ1n) is 6.96. The summed E-state index contributed by atoms with van der Waals surface area (Å²) in [5, 5.41) is 0. The third-order valence-corrected chi connectivity index (χ3v) is 4.19. The lowest BCUT2D eigenvalue weighted by Gasteiger charge is -2.40. The summed E-state index contributed by atoms with van der Waals surface area (Å²) in [5.74, 6) is 0. The summed E-state index contributed by atoms with van der Waals surface area (Å²) in [4.78, 5) is 2.51. The van der Waals surface area contributed by atoms with Crippen LogP contribution < -0.4 is 5.73 Å². The fourth-order valence-corrected chi connectivity index (χ4v) is 2.69. The maximum Gasteiger partial charge on any atom is 0.0509 e. The van der Waals surface area contributed by atoms with Gasteiger partial charge < -0.3 is 10.6 Å². The molecule has 2 nitrogen and oxygen atoms in total.